The van der Waals surface area contributed by atoms with Gasteiger partial charge in [-0.3, -0.25) is 9.59 Å². The van der Waals surface area contributed by atoms with Gasteiger partial charge in [-0.2, -0.15) is 18.3 Å². The molecule has 15 heteroatoms. The summed E-state index contributed by atoms with van der Waals surface area (Å²) in [5.41, 5.74) is -0.697. The van der Waals surface area contributed by atoms with E-state index in [1.54, 1.807) is 40.7 Å². The molecule has 232 valence electrons. The van der Waals surface area contributed by atoms with Gasteiger partial charge in [-0.15, -0.1) is 0 Å². The van der Waals surface area contributed by atoms with Crippen molar-refractivity contribution in [2.24, 2.45) is 0 Å². The summed E-state index contributed by atoms with van der Waals surface area (Å²) < 4.78 is 48.7. The normalized spacial score (nSPS) is 15.3. The molecule has 1 aromatic carbocycles. The van der Waals surface area contributed by atoms with Gasteiger partial charge >= 0.3 is 6.18 Å². The van der Waals surface area contributed by atoms with Crippen molar-refractivity contribution in [1.82, 2.24) is 34.2 Å². The number of amides is 1. The van der Waals surface area contributed by atoms with Gasteiger partial charge in [-0.25, -0.2) is 24.2 Å². The van der Waals surface area contributed by atoms with Crippen LogP contribution < -0.4 is 10.3 Å². The number of hydrogen-bond acceptors (Lipinski definition) is 8. The zero-order chi connectivity index (χ0) is 32.1. The number of carbonyl (C=O) groups is 1. The van der Waals surface area contributed by atoms with Crippen molar-refractivity contribution in [2.45, 2.75) is 65.4 Å². The van der Waals surface area contributed by atoms with Crippen molar-refractivity contribution in [2.75, 3.05) is 6.61 Å². The first-order valence-corrected chi connectivity index (χ1v) is 14.4. The topological polar surface area (TPSA) is 128 Å². The predicted octanol–water partition coefficient (Wildman–Crippen LogP) is 4.34. The number of alkyl halides is 3. The van der Waals surface area contributed by atoms with Crippen LogP contribution in [0, 0.1) is 13.8 Å². The molecule has 0 saturated heterocycles. The van der Waals surface area contributed by atoms with Crippen LogP contribution in [0.25, 0.3) is 11.9 Å². The van der Waals surface area contributed by atoms with E-state index < -0.39 is 34.8 Å². The summed E-state index contributed by atoms with van der Waals surface area (Å²) in [6, 6.07) is 4.59. The van der Waals surface area contributed by atoms with Gasteiger partial charge in [0.05, 0.1) is 41.5 Å². The molecular formula is C29H29BrF3N7O4. The van der Waals surface area contributed by atoms with E-state index in [1.165, 1.54) is 38.7 Å². The smallest absolute Gasteiger partial charge is 0.417 e. The summed E-state index contributed by atoms with van der Waals surface area (Å²) in [4.78, 5) is 42.4. The Bertz CT molecular complexity index is 1800. The number of aromatic nitrogens is 6. The Morgan fingerprint density at radius 1 is 1.16 bits per heavy atom. The molecule has 1 aliphatic rings. The SMILES string of the molecule is Cc1cc(C)n(-c2nc3c(c(=O)n2-c2ncc(OCC(C)(C)O)cn2)C[C@@H](C)N(C(=O)c2ccc(Br)c(C(F)(F)F)c2)C3)n1. The second-order valence-electron chi connectivity index (χ2n) is 11.3. The molecule has 5 rings (SSSR count). The van der Waals surface area contributed by atoms with Crippen molar-refractivity contribution in [3.8, 4) is 17.6 Å². The molecular weight excluding hydrogens is 647 g/mol. The number of fused-ring (bicyclic) bond motifs is 1. The Labute approximate surface area is 258 Å². The highest BCUT2D eigenvalue weighted by Crippen LogP contribution is 2.36. The lowest BCUT2D eigenvalue weighted by molar-refractivity contribution is -0.138. The fourth-order valence-corrected chi connectivity index (χ4v) is 5.34. The van der Waals surface area contributed by atoms with E-state index in [1.807, 2.05) is 0 Å². The third-order valence-corrected chi connectivity index (χ3v) is 7.67. The molecule has 0 radical (unpaired) electrons. The summed E-state index contributed by atoms with van der Waals surface area (Å²) in [6.45, 7) is 8.36. The van der Waals surface area contributed by atoms with Crippen LogP contribution in [-0.2, 0) is 19.1 Å². The van der Waals surface area contributed by atoms with Crippen molar-refractivity contribution in [1.29, 1.82) is 0 Å². The van der Waals surface area contributed by atoms with Gasteiger partial charge in [0.15, 0.2) is 5.75 Å². The molecule has 3 aromatic heterocycles. The first kappa shape index (κ1) is 31.3. The molecule has 0 bridgehead atoms. The zero-order valence-corrected chi connectivity index (χ0v) is 26.1. The Balaban J connectivity index is 1.57. The molecule has 11 nitrogen and oxygen atoms in total. The van der Waals surface area contributed by atoms with Crippen LogP contribution >= 0.6 is 15.9 Å². The molecule has 0 saturated carbocycles. The number of rotatable bonds is 6. The van der Waals surface area contributed by atoms with Crippen molar-refractivity contribution >= 4 is 21.8 Å². The zero-order valence-electron chi connectivity index (χ0n) is 24.5. The lowest BCUT2D eigenvalue weighted by atomic mass is 9.98. The van der Waals surface area contributed by atoms with E-state index in [9.17, 15) is 27.9 Å². The van der Waals surface area contributed by atoms with Crippen LogP contribution in [0.3, 0.4) is 0 Å². The van der Waals surface area contributed by atoms with E-state index >= 15 is 0 Å². The molecule has 4 heterocycles. The molecule has 0 spiro atoms. The average Bonchev–Trinajstić information content (AvgIpc) is 3.28. The van der Waals surface area contributed by atoms with Crippen LogP contribution in [0.4, 0.5) is 13.2 Å². The fourth-order valence-electron chi connectivity index (χ4n) is 4.87. The maximum Gasteiger partial charge on any atom is 0.417 e. The number of nitrogens with zero attached hydrogens (tertiary/aromatic N) is 7. The first-order chi connectivity index (χ1) is 20.5. The minimum absolute atomic E-state index is 0.00204. The van der Waals surface area contributed by atoms with Crippen LogP contribution in [0.15, 0.2) is 45.9 Å². The number of aliphatic hydroxyl groups is 1. The van der Waals surface area contributed by atoms with Gasteiger partial charge in [0, 0.05) is 27.3 Å². The minimum Gasteiger partial charge on any atom is -0.487 e. The molecule has 1 aliphatic heterocycles. The lowest BCUT2D eigenvalue weighted by Crippen LogP contribution is -2.46. The van der Waals surface area contributed by atoms with Gasteiger partial charge in [-0.1, -0.05) is 15.9 Å². The van der Waals surface area contributed by atoms with E-state index in [0.29, 0.717) is 22.6 Å². The van der Waals surface area contributed by atoms with Crippen molar-refractivity contribution in [3.63, 3.8) is 0 Å². The summed E-state index contributed by atoms with van der Waals surface area (Å²) in [6.07, 6.45) is -1.80. The number of hydrogen-bond donors (Lipinski definition) is 1. The number of aryl methyl sites for hydroxylation is 2. The van der Waals surface area contributed by atoms with Crippen molar-refractivity contribution < 1.29 is 27.8 Å². The highest BCUT2D eigenvalue weighted by Gasteiger charge is 2.36. The van der Waals surface area contributed by atoms with Crippen LogP contribution in [-0.4, -0.2) is 63.5 Å². The van der Waals surface area contributed by atoms with E-state index in [0.717, 1.165) is 6.07 Å². The maximum absolute atomic E-state index is 14.1. The standard InChI is InChI=1S/C29H29BrF3N7O4/c1-15-8-17(3)40(37-15)27-36-23-13-38(24(41)18-6-7-22(30)21(10-18)29(31,32)33)16(2)9-20(23)25(42)39(27)26-34-11-19(12-35-26)44-14-28(4,5)43/h6-8,10-12,16,43H,9,13-14H2,1-5H3/t16-/m1/s1. The summed E-state index contributed by atoms with van der Waals surface area (Å²) in [5.74, 6) is -0.254. The highest BCUT2D eigenvalue weighted by molar-refractivity contribution is 9.10. The second-order valence-corrected chi connectivity index (χ2v) is 12.2. The number of carbonyl (C=O) groups excluding carboxylic acids is 1. The summed E-state index contributed by atoms with van der Waals surface area (Å²) in [7, 11) is 0. The summed E-state index contributed by atoms with van der Waals surface area (Å²) >= 11 is 2.91. The second kappa shape index (κ2) is 11.4. The molecule has 4 aromatic rings. The van der Waals surface area contributed by atoms with Crippen LogP contribution in [0.2, 0.25) is 0 Å². The number of halogens is 4. The molecule has 1 atom stereocenters. The van der Waals surface area contributed by atoms with E-state index in [-0.39, 0.29) is 47.3 Å². The van der Waals surface area contributed by atoms with Gasteiger partial charge in [0.25, 0.3) is 11.5 Å². The molecule has 0 aliphatic carbocycles. The van der Waals surface area contributed by atoms with E-state index in [4.69, 9.17) is 9.72 Å². The van der Waals surface area contributed by atoms with Gasteiger partial charge in [0.1, 0.15) is 6.61 Å². The van der Waals surface area contributed by atoms with Gasteiger partial charge < -0.3 is 14.7 Å². The number of benzene rings is 1. The Hall–Kier alpha value is -4.11. The maximum atomic E-state index is 14.1. The Morgan fingerprint density at radius 3 is 2.43 bits per heavy atom. The average molecular weight is 676 g/mol. The molecule has 1 amide bonds. The predicted molar refractivity (Wildman–Crippen MR) is 156 cm³/mol. The quantitative estimate of drug-likeness (QED) is 0.320. The third-order valence-electron chi connectivity index (χ3n) is 6.98. The van der Waals surface area contributed by atoms with Gasteiger partial charge in [0.2, 0.25) is 11.9 Å². The molecule has 0 unspecified atom stereocenters. The van der Waals surface area contributed by atoms with Crippen LogP contribution in [0.5, 0.6) is 5.75 Å². The molecule has 1 N–H and O–H groups in total. The Morgan fingerprint density at radius 2 is 1.84 bits per heavy atom. The largest absolute Gasteiger partial charge is 0.487 e. The molecule has 0 fully saturated rings. The van der Waals surface area contributed by atoms with Crippen LogP contribution in [0.1, 0.15) is 59.3 Å². The Kier molecular flexibility index (Phi) is 8.14. The third kappa shape index (κ3) is 6.24. The fraction of sp³-hybridized carbons (Fsp3) is 0.379. The molecule has 44 heavy (non-hydrogen) atoms. The minimum atomic E-state index is -4.65. The lowest BCUT2D eigenvalue weighted by Gasteiger charge is -2.34. The summed E-state index contributed by atoms with van der Waals surface area (Å²) in [5, 5.41) is 14.4. The monoisotopic (exact) mass is 675 g/mol. The number of ether oxygens (including phenoxy) is 1. The highest BCUT2D eigenvalue weighted by atomic mass is 79.9. The van der Waals surface area contributed by atoms with Crippen molar-refractivity contribution in [3.05, 3.63) is 85.3 Å². The van der Waals surface area contributed by atoms with E-state index in [2.05, 4.69) is 31.0 Å². The first-order valence-electron chi connectivity index (χ1n) is 13.6. The van der Waals surface area contributed by atoms with Gasteiger partial charge in [-0.05, 0) is 65.3 Å².